The molecular formula is C108H109Cl4FN12O15S3. The van der Waals surface area contributed by atoms with Crippen molar-refractivity contribution >= 4 is 156 Å². The molecule has 6 amide bonds. The van der Waals surface area contributed by atoms with Gasteiger partial charge in [-0.05, 0) is 264 Å². The second-order valence-corrected chi connectivity index (χ2v) is 42.0. The first-order valence-electron chi connectivity index (χ1n) is 46.3. The van der Waals surface area contributed by atoms with Gasteiger partial charge < -0.3 is 58.4 Å². The van der Waals surface area contributed by atoms with Crippen LogP contribution >= 0.6 is 46.4 Å². The molecule has 27 nitrogen and oxygen atoms in total. The molecule has 0 atom stereocenters. The summed E-state index contributed by atoms with van der Waals surface area (Å²) in [5, 5.41) is 13.8. The largest absolute Gasteiger partial charge is 0.494 e. The highest BCUT2D eigenvalue weighted by Crippen LogP contribution is 2.36. The maximum atomic E-state index is 14.1. The standard InChI is InChI=1S/C41H40Cl2N4O5S.C35H36ClFN4O5S.C32H33ClN4O5S/c1-28-23-33(24-29(2)38(28)43)52-21-10-15-35-34-18-17-32(42)25-37(34)47(27-31-13-7-4-8-14-31)39(35)41(49)45-53(50,51)22-19-44-40(48)36-16-9-20-46(36)26-30-11-5-3-6-12-30;1-21-18-27(19-22(2)32(21)36)46-16-7-9-29-28-8-5-6-10-31(28)39-33(29)35(43)40-47(44,45)17-15-38-34(42)30-20-23(3)41(24(30)4)26-13-11-25(37)12-14-26;1-20-17-22(18-21(2)29(20)33)42-15-8-11-25-23-9-4-6-12-27(23)35-30(25)32(39)36-43(40,41)16-14-34-31(38)26-19-37(3)28-13-7-5-10-24(26)28/h3-9,11-14,16-18,20,23-25H,10,15,19,21-22,26-27H2,1-2H3,(H,44,48)(H,45,49);5-6,8,10-14,18-20,39H,7,9,15-17H2,1-4H3,(H,38,42)(H,40,43);4-7,9-10,12-13,17-19,35H,8,11,14-16H2,1-3H3,(H,34,38)(H,36,39). The molecule has 8 N–H and O–H groups in total. The molecule has 0 aliphatic carbocycles. The van der Waals surface area contributed by atoms with E-state index in [0.717, 1.165) is 88.5 Å². The predicted octanol–water partition coefficient (Wildman–Crippen LogP) is 19.9. The molecule has 0 saturated carbocycles. The lowest BCUT2D eigenvalue weighted by molar-refractivity contribution is 0.0940. The van der Waals surface area contributed by atoms with Crippen LogP contribution in [0.15, 0.2) is 243 Å². The summed E-state index contributed by atoms with van der Waals surface area (Å²) < 4.78 is 124. The second-order valence-electron chi connectivity index (χ2n) is 34.9. The zero-order valence-corrected chi connectivity index (χ0v) is 85.6. The van der Waals surface area contributed by atoms with Crippen molar-refractivity contribution in [1.82, 2.24) is 58.4 Å². The van der Waals surface area contributed by atoms with E-state index in [1.165, 1.54) is 12.1 Å². The van der Waals surface area contributed by atoms with Gasteiger partial charge in [-0.15, -0.1) is 0 Å². The van der Waals surface area contributed by atoms with Crippen LogP contribution in [-0.2, 0) is 69.5 Å². The second kappa shape index (κ2) is 46.9. The Morgan fingerprint density at radius 2 is 0.811 bits per heavy atom. The van der Waals surface area contributed by atoms with E-state index in [1.54, 1.807) is 66.3 Å². The molecule has 16 aromatic rings. The summed E-state index contributed by atoms with van der Waals surface area (Å²) in [6, 6.07) is 69.3. The van der Waals surface area contributed by atoms with Crippen molar-refractivity contribution in [3.05, 3.63) is 375 Å². The smallest absolute Gasteiger partial charge is 0.281 e. The number of hydrogen-bond donors (Lipinski definition) is 8. The third kappa shape index (κ3) is 26.5. The Labute approximate surface area is 849 Å². The van der Waals surface area contributed by atoms with E-state index in [-0.39, 0.29) is 48.4 Å². The van der Waals surface area contributed by atoms with E-state index in [1.807, 2.05) is 245 Å². The molecule has 0 saturated heterocycles. The van der Waals surface area contributed by atoms with Gasteiger partial charge in [0.15, 0.2) is 0 Å². The molecule has 10 aromatic carbocycles. The van der Waals surface area contributed by atoms with Crippen molar-refractivity contribution in [2.24, 2.45) is 7.05 Å². The van der Waals surface area contributed by atoms with Gasteiger partial charge in [0, 0.05) is 127 Å². The van der Waals surface area contributed by atoms with Crippen LogP contribution in [0.25, 0.3) is 49.3 Å². The minimum absolute atomic E-state index is 0.158. The summed E-state index contributed by atoms with van der Waals surface area (Å²) in [6.07, 6.45) is 6.58. The molecule has 0 fully saturated rings. The molecule has 0 bridgehead atoms. The number of para-hydroxylation sites is 3. The minimum Gasteiger partial charge on any atom is -0.494 e. The maximum absolute atomic E-state index is 14.1. The Morgan fingerprint density at radius 3 is 1.29 bits per heavy atom. The van der Waals surface area contributed by atoms with Crippen LogP contribution < -0.4 is 44.3 Å². The third-order valence-electron chi connectivity index (χ3n) is 24.2. The van der Waals surface area contributed by atoms with Crippen LogP contribution in [0.4, 0.5) is 4.39 Å². The minimum atomic E-state index is -4.17. The number of rotatable bonds is 38. The van der Waals surface area contributed by atoms with Crippen LogP contribution in [0, 0.1) is 61.2 Å². The highest BCUT2D eigenvalue weighted by molar-refractivity contribution is 7.90. The van der Waals surface area contributed by atoms with Gasteiger partial charge in [0.25, 0.3) is 35.4 Å². The van der Waals surface area contributed by atoms with Crippen molar-refractivity contribution < 1.29 is 72.6 Å². The van der Waals surface area contributed by atoms with Crippen LogP contribution in [0.1, 0.15) is 155 Å². The Bertz CT molecular complexity index is 7740. The molecule has 16 rings (SSSR count). The first kappa shape index (κ1) is 105. The summed E-state index contributed by atoms with van der Waals surface area (Å²) in [7, 11) is -10.5. The van der Waals surface area contributed by atoms with E-state index in [2.05, 4.69) is 40.1 Å². The summed E-state index contributed by atoms with van der Waals surface area (Å²) >= 11 is 25.3. The monoisotopic (exact) mass is 2070 g/mol. The summed E-state index contributed by atoms with van der Waals surface area (Å²) in [5.41, 5.74) is 16.4. The Balaban J connectivity index is 0.000000171. The molecule has 6 aromatic heterocycles. The van der Waals surface area contributed by atoms with E-state index in [4.69, 9.17) is 60.6 Å². The van der Waals surface area contributed by atoms with Crippen LogP contribution in [-0.4, -0.2) is 146 Å². The molecule has 35 heteroatoms. The lowest BCUT2D eigenvalue weighted by atomic mass is 10.1. The number of nitrogens with one attached hydrogen (secondary N) is 8. The van der Waals surface area contributed by atoms with Gasteiger partial charge in [-0.25, -0.2) is 43.8 Å². The van der Waals surface area contributed by atoms with Crippen molar-refractivity contribution in [2.75, 3.05) is 56.7 Å². The van der Waals surface area contributed by atoms with Crippen LogP contribution in [0.3, 0.4) is 0 Å². The quantitative estimate of drug-likeness (QED) is 0.0167. The number of benzene rings is 10. The third-order valence-corrected chi connectivity index (χ3v) is 30.0. The highest BCUT2D eigenvalue weighted by Gasteiger charge is 2.30. The number of hydrogen-bond acceptors (Lipinski definition) is 15. The Hall–Kier alpha value is -13.9. The average Bonchev–Trinajstić information content (AvgIpc) is 1.59. The fourth-order valence-corrected chi connectivity index (χ4v) is 20.4. The molecule has 143 heavy (non-hydrogen) atoms. The number of amides is 6. The number of nitrogens with zero attached hydrogens (tertiary/aromatic N) is 4. The summed E-state index contributed by atoms with van der Waals surface area (Å²) in [5.74, 6) is -3.29. The number of carbonyl (C=O) groups is 6. The number of carbonyl (C=O) groups excluding carboxylic acids is 6. The van der Waals surface area contributed by atoms with Gasteiger partial charge >= 0.3 is 0 Å². The number of fused-ring (bicyclic) bond motifs is 4. The molecule has 0 spiro atoms. The van der Waals surface area contributed by atoms with Gasteiger partial charge in [0.1, 0.15) is 45.8 Å². The zero-order valence-electron chi connectivity index (χ0n) is 80.1. The lowest BCUT2D eigenvalue weighted by Gasteiger charge is -2.14. The highest BCUT2D eigenvalue weighted by atomic mass is 35.5. The lowest BCUT2D eigenvalue weighted by Crippen LogP contribution is -2.38. The fourth-order valence-electron chi connectivity index (χ4n) is 17.4. The molecule has 0 unspecified atom stereocenters. The Kier molecular flexibility index (Phi) is 34.4. The molecule has 0 radical (unpaired) electrons. The van der Waals surface area contributed by atoms with Gasteiger partial charge in [-0.1, -0.05) is 168 Å². The Morgan fingerprint density at radius 1 is 0.399 bits per heavy atom. The summed E-state index contributed by atoms with van der Waals surface area (Å²) in [4.78, 5) is 85.6. The average molecular weight is 2070 g/mol. The van der Waals surface area contributed by atoms with Gasteiger partial charge in [0.2, 0.25) is 30.1 Å². The molecular weight excluding hydrogens is 1960 g/mol. The van der Waals surface area contributed by atoms with Crippen LogP contribution in [0.2, 0.25) is 20.1 Å². The van der Waals surface area contributed by atoms with E-state index >= 15 is 0 Å². The van der Waals surface area contributed by atoms with E-state index in [9.17, 15) is 58.4 Å². The number of sulfonamides is 3. The summed E-state index contributed by atoms with van der Waals surface area (Å²) in [6.45, 7) is 16.4. The zero-order chi connectivity index (χ0) is 102. The number of aryl methyl sites for hydroxylation is 11. The first-order chi connectivity index (χ1) is 68.4. The van der Waals surface area contributed by atoms with Crippen molar-refractivity contribution in [3.63, 3.8) is 0 Å². The number of aromatic amines is 2. The molecule has 6 heterocycles. The topological polar surface area (TPSA) is 356 Å². The van der Waals surface area contributed by atoms with Gasteiger partial charge in [-0.2, -0.15) is 0 Å². The molecule has 0 aliphatic heterocycles. The fraction of sp³-hybridized carbons (Fsp3) is 0.241. The predicted molar refractivity (Wildman–Crippen MR) is 562 cm³/mol. The number of H-pyrrole nitrogens is 2. The van der Waals surface area contributed by atoms with E-state index in [0.29, 0.717) is 159 Å². The number of halogens is 5. The van der Waals surface area contributed by atoms with Crippen LogP contribution in [0.5, 0.6) is 17.2 Å². The van der Waals surface area contributed by atoms with E-state index < -0.39 is 76.9 Å². The van der Waals surface area contributed by atoms with Gasteiger partial charge in [0.05, 0.1) is 53.7 Å². The normalized spacial score (nSPS) is 11.5. The first-order valence-corrected chi connectivity index (χ1v) is 52.7. The van der Waals surface area contributed by atoms with Gasteiger partial charge in [-0.3, -0.25) is 28.8 Å². The SMILES string of the molecule is Cc1cc(OCCCc2c(C(=O)NS(=O)(=O)CCNC(=O)c3cc(C)n(-c4ccc(F)cc4)c3C)[nH]c3ccccc23)cc(C)c1Cl.Cc1cc(OCCCc2c(C(=O)NS(=O)(=O)CCNC(=O)c3cccn3Cc3ccccc3)n(Cc3ccccc3)c3cc(Cl)ccc23)cc(C)c1Cl.Cc1cc(OCCCc2c(C(=O)NS(=O)(=O)CCNC(=O)c3cn(C)c4ccccc34)[nH]c3ccccc23)cc(C)c1Cl. The molecule has 744 valence electrons. The number of aromatic nitrogens is 6. The van der Waals surface area contributed by atoms with Crippen molar-refractivity contribution in [2.45, 2.75) is 107 Å². The van der Waals surface area contributed by atoms with Crippen molar-refractivity contribution in [1.29, 1.82) is 0 Å². The molecule has 0 aliphatic rings. The number of ether oxygens (including phenoxy) is 3. The maximum Gasteiger partial charge on any atom is 0.281 e. The van der Waals surface area contributed by atoms with Crippen molar-refractivity contribution in [3.8, 4) is 22.9 Å².